The zero-order chi connectivity index (χ0) is 45.3. The van der Waals surface area contributed by atoms with Gasteiger partial charge in [0.2, 0.25) is 0 Å². The third-order valence-electron chi connectivity index (χ3n) is 13.4. The van der Waals surface area contributed by atoms with Crippen LogP contribution in [0.15, 0.2) is 133 Å². The van der Waals surface area contributed by atoms with E-state index in [1.165, 1.54) is 10.4 Å². The molecule has 65 heavy (non-hydrogen) atoms. The molecule has 0 spiro atoms. The van der Waals surface area contributed by atoms with Gasteiger partial charge in [0.25, 0.3) is 8.32 Å². The Balaban J connectivity index is 0.977. The van der Waals surface area contributed by atoms with Crippen molar-refractivity contribution in [2.75, 3.05) is 24.7 Å². The molecule has 4 aliphatic rings. The maximum Gasteiger partial charge on any atom is 0.261 e. The van der Waals surface area contributed by atoms with Crippen LogP contribution in [0.2, 0.25) is 5.04 Å². The number of aliphatic hydroxyl groups excluding tert-OH is 1. The fourth-order valence-electron chi connectivity index (χ4n) is 10.4. The van der Waals surface area contributed by atoms with Crippen molar-refractivity contribution >= 4 is 42.2 Å². The molecule has 0 aliphatic carbocycles. The van der Waals surface area contributed by atoms with Gasteiger partial charge in [0.05, 0.1) is 60.0 Å². The maximum atomic E-state index is 10.9. The highest BCUT2D eigenvalue weighted by Crippen LogP contribution is 2.52. The number of ether oxygens (including phenoxy) is 6. The molecule has 4 heterocycles. The smallest absolute Gasteiger partial charge is 0.261 e. The molecule has 8 nitrogen and oxygen atoms in total. The summed E-state index contributed by atoms with van der Waals surface area (Å²) < 4.78 is 47.6. The second-order valence-corrected chi connectivity index (χ2v) is 26.6. The van der Waals surface area contributed by atoms with Crippen molar-refractivity contribution in [2.24, 2.45) is 0 Å². The molecular formula is C54H70O8S2Si. The van der Waals surface area contributed by atoms with Crippen LogP contribution < -0.4 is 10.4 Å². The SMILES string of the molecule is CCSC1(SCC)C[C@H]2O[C@H]3[C@@H](OCc4ccccc4)C[C@@H](CCCO[Si](c4ccccc4)(c4ccccc4)C(C)(C)C)O[C@@H]3C[C@@H]2O[C@@H]1/C=C\C[C@@H]1O[C@H](c2ccccc2)OC[C@H]1O. The fraction of sp³-hybridized carbons (Fsp3) is 0.519. The van der Waals surface area contributed by atoms with E-state index < -0.39 is 20.7 Å². The van der Waals surface area contributed by atoms with Crippen LogP contribution in [0.5, 0.6) is 0 Å². The number of rotatable bonds is 18. The van der Waals surface area contributed by atoms with Crippen LogP contribution in [-0.2, 0) is 39.5 Å². The lowest BCUT2D eigenvalue weighted by atomic mass is 9.85. The molecule has 8 rings (SSSR count). The van der Waals surface area contributed by atoms with Crippen molar-refractivity contribution in [1.82, 2.24) is 0 Å². The van der Waals surface area contributed by atoms with Gasteiger partial charge in [0.15, 0.2) is 6.29 Å². The normalized spacial score (nSPS) is 29.3. The Kier molecular flexibility index (Phi) is 16.9. The Morgan fingerprint density at radius 1 is 0.754 bits per heavy atom. The summed E-state index contributed by atoms with van der Waals surface area (Å²) in [6, 6.07) is 42.2. The van der Waals surface area contributed by atoms with E-state index in [1.54, 1.807) is 0 Å². The van der Waals surface area contributed by atoms with Gasteiger partial charge in [0.1, 0.15) is 12.2 Å². The van der Waals surface area contributed by atoms with Crippen LogP contribution >= 0.6 is 23.5 Å². The van der Waals surface area contributed by atoms with Crippen molar-refractivity contribution in [3.05, 3.63) is 145 Å². The van der Waals surface area contributed by atoms with Gasteiger partial charge in [-0.2, -0.15) is 0 Å². The standard InChI is InChI=1S/C54H70O8S2Si/c1-6-63-54(64-7-2)36-49-46(60-50(54)32-20-31-45-44(55)38-57-52(62-45)40-24-14-9-15-25-40)35-48-51(61-49)47(56-37-39-22-12-8-13-23-39)34-41(59-48)26-21-33-58-65(53(3,4)5,42-27-16-10-17-28-42)43-29-18-11-19-30-43/h8-20,22-25,27-30,32,41,44-52,55H,6-7,21,26,31,33-38H2,1-5H3/b32-20-/t41-,44-,45+,46+,47+,48-,49-,50-,51+,52-/m1/s1. The molecule has 0 unspecified atom stereocenters. The third kappa shape index (κ3) is 11.4. The molecule has 350 valence electrons. The lowest BCUT2D eigenvalue weighted by molar-refractivity contribution is -0.280. The molecule has 4 saturated heterocycles. The molecule has 11 heteroatoms. The molecule has 4 aliphatic heterocycles. The summed E-state index contributed by atoms with van der Waals surface area (Å²) in [5.74, 6) is 1.91. The molecule has 1 N–H and O–H groups in total. The molecule has 4 aromatic carbocycles. The average Bonchev–Trinajstić information content (AvgIpc) is 3.32. The van der Waals surface area contributed by atoms with E-state index in [4.69, 9.17) is 32.8 Å². The first-order valence-corrected chi connectivity index (χ1v) is 27.8. The van der Waals surface area contributed by atoms with Crippen LogP contribution in [-0.4, -0.2) is 97.2 Å². The van der Waals surface area contributed by atoms with Gasteiger partial charge < -0.3 is 38.0 Å². The largest absolute Gasteiger partial charge is 0.407 e. The van der Waals surface area contributed by atoms with E-state index in [0.717, 1.165) is 54.7 Å². The van der Waals surface area contributed by atoms with Crippen molar-refractivity contribution in [1.29, 1.82) is 0 Å². The first-order chi connectivity index (χ1) is 31.6. The Morgan fingerprint density at radius 2 is 1.38 bits per heavy atom. The third-order valence-corrected chi connectivity index (χ3v) is 21.5. The number of aliphatic hydroxyl groups is 1. The summed E-state index contributed by atoms with van der Waals surface area (Å²) in [4.78, 5) is 0. The van der Waals surface area contributed by atoms with Gasteiger partial charge in [-0.3, -0.25) is 0 Å². The van der Waals surface area contributed by atoms with Crippen LogP contribution in [0.1, 0.15) is 90.6 Å². The van der Waals surface area contributed by atoms with Crippen molar-refractivity contribution in [2.45, 2.75) is 150 Å². The van der Waals surface area contributed by atoms with E-state index in [-0.39, 0.29) is 64.6 Å². The van der Waals surface area contributed by atoms with Gasteiger partial charge in [-0.15, -0.1) is 23.5 Å². The zero-order valence-corrected chi connectivity index (χ0v) is 41.5. The minimum absolute atomic E-state index is 0.00444. The lowest BCUT2D eigenvalue weighted by Crippen LogP contribution is -2.66. The first-order valence-electron chi connectivity index (χ1n) is 23.9. The number of benzene rings is 4. The molecule has 10 atom stereocenters. The molecule has 0 bridgehead atoms. The summed E-state index contributed by atoms with van der Waals surface area (Å²) >= 11 is 3.91. The van der Waals surface area contributed by atoms with Crippen molar-refractivity contribution in [3.63, 3.8) is 0 Å². The first kappa shape index (κ1) is 48.7. The topological polar surface area (TPSA) is 84.8 Å². The highest BCUT2D eigenvalue weighted by atomic mass is 32.2. The molecular weight excluding hydrogens is 869 g/mol. The summed E-state index contributed by atoms with van der Waals surface area (Å²) in [6.07, 6.45) is 6.55. The van der Waals surface area contributed by atoms with Crippen molar-refractivity contribution in [3.8, 4) is 0 Å². The van der Waals surface area contributed by atoms with E-state index in [2.05, 4.69) is 132 Å². The Morgan fingerprint density at radius 3 is 2.02 bits per heavy atom. The average molecular weight is 939 g/mol. The quantitative estimate of drug-likeness (QED) is 0.0451. The molecule has 4 fully saturated rings. The number of hydrogen-bond donors (Lipinski definition) is 1. The molecule has 0 aromatic heterocycles. The second kappa shape index (κ2) is 22.5. The van der Waals surface area contributed by atoms with Crippen molar-refractivity contribution < 1.29 is 38.0 Å². The minimum Gasteiger partial charge on any atom is -0.407 e. The van der Waals surface area contributed by atoms with Gasteiger partial charge in [0, 0.05) is 31.4 Å². The molecule has 4 aromatic rings. The van der Waals surface area contributed by atoms with Crippen LogP contribution in [0.4, 0.5) is 0 Å². The molecule has 0 amide bonds. The highest BCUT2D eigenvalue weighted by molar-refractivity contribution is 8.18. The summed E-state index contributed by atoms with van der Waals surface area (Å²) in [7, 11) is -2.65. The Bertz CT molecular complexity index is 2010. The van der Waals surface area contributed by atoms with E-state index in [9.17, 15) is 5.11 Å². The van der Waals surface area contributed by atoms with Gasteiger partial charge in [-0.25, -0.2) is 0 Å². The maximum absolute atomic E-state index is 10.9. The van der Waals surface area contributed by atoms with E-state index in [1.807, 2.05) is 59.9 Å². The van der Waals surface area contributed by atoms with E-state index >= 15 is 0 Å². The molecule has 0 radical (unpaired) electrons. The van der Waals surface area contributed by atoms with Crippen LogP contribution in [0.3, 0.4) is 0 Å². The Labute approximate surface area is 397 Å². The van der Waals surface area contributed by atoms with Gasteiger partial charge >= 0.3 is 0 Å². The predicted molar refractivity (Wildman–Crippen MR) is 266 cm³/mol. The van der Waals surface area contributed by atoms with Gasteiger partial charge in [-0.1, -0.05) is 168 Å². The van der Waals surface area contributed by atoms with Crippen LogP contribution in [0, 0.1) is 0 Å². The zero-order valence-electron chi connectivity index (χ0n) is 38.9. The summed E-state index contributed by atoms with van der Waals surface area (Å²) in [6.45, 7) is 12.9. The highest BCUT2D eigenvalue weighted by Gasteiger charge is 2.55. The minimum atomic E-state index is -2.65. The lowest BCUT2D eigenvalue weighted by Gasteiger charge is -2.54. The predicted octanol–water partition coefficient (Wildman–Crippen LogP) is 10.0. The molecule has 0 saturated carbocycles. The number of fused-ring (bicyclic) bond motifs is 2. The second-order valence-electron chi connectivity index (χ2n) is 18.9. The van der Waals surface area contributed by atoms with Crippen LogP contribution in [0.25, 0.3) is 0 Å². The Hall–Kier alpha value is -2.78. The monoisotopic (exact) mass is 938 g/mol. The summed E-state index contributed by atoms with van der Waals surface area (Å²) in [5, 5.41) is 13.4. The van der Waals surface area contributed by atoms with Gasteiger partial charge in [-0.05, 0) is 51.7 Å². The van der Waals surface area contributed by atoms with E-state index in [0.29, 0.717) is 19.6 Å². The fourth-order valence-corrected chi connectivity index (χ4v) is 18.2. The number of hydrogen-bond acceptors (Lipinski definition) is 10. The summed E-state index contributed by atoms with van der Waals surface area (Å²) in [5.41, 5.74) is 2.11. The number of thioether (sulfide) groups is 2.